The first kappa shape index (κ1) is 11.1. The molecule has 0 aliphatic rings. The highest BCUT2D eigenvalue weighted by Crippen LogP contribution is 2.18. The van der Waals surface area contributed by atoms with Crippen LogP contribution in [0.1, 0.15) is 16.8 Å². The van der Waals surface area contributed by atoms with Gasteiger partial charge < -0.3 is 11.5 Å². The molecule has 0 aliphatic heterocycles. The van der Waals surface area contributed by atoms with Gasteiger partial charge in [-0.05, 0) is 47.4 Å². The van der Waals surface area contributed by atoms with Crippen molar-refractivity contribution >= 4 is 17.3 Å². The minimum absolute atomic E-state index is 0.135. The van der Waals surface area contributed by atoms with E-state index >= 15 is 0 Å². The molecule has 0 bridgehead atoms. The maximum absolute atomic E-state index is 5.78. The number of nitrogens with zero attached hydrogens (tertiary/aromatic N) is 3. The third-order valence-electron chi connectivity index (χ3n) is 2.21. The van der Waals surface area contributed by atoms with E-state index in [0.717, 1.165) is 16.8 Å². The number of aryl methyl sites for hydroxylation is 2. The molecular formula is C11H13N5O. The average molecular weight is 231 g/mol. The predicted molar refractivity (Wildman–Crippen MR) is 65.0 cm³/mol. The molecular weight excluding hydrogens is 218 g/mol. The van der Waals surface area contributed by atoms with Crippen LogP contribution in [0.4, 0.5) is 11.5 Å². The maximum atomic E-state index is 5.78. The number of hydrogen-bond donors (Lipinski definition) is 2. The molecule has 2 rings (SSSR count). The number of hydrogen-bond acceptors (Lipinski definition) is 5. The van der Waals surface area contributed by atoms with Crippen LogP contribution in [0.2, 0.25) is 0 Å². The zero-order chi connectivity index (χ0) is 12.4. The van der Waals surface area contributed by atoms with Crippen molar-refractivity contribution in [3.8, 4) is 0 Å². The van der Waals surface area contributed by atoms with Gasteiger partial charge in [-0.15, -0.1) is 0 Å². The number of nitrogen functional groups attached to an aromatic ring is 1. The van der Waals surface area contributed by atoms with Crippen LogP contribution in [0.15, 0.2) is 27.8 Å². The van der Waals surface area contributed by atoms with Crippen LogP contribution in [-0.4, -0.2) is 16.1 Å². The summed E-state index contributed by atoms with van der Waals surface area (Å²) in [6.45, 7) is 3.99. The summed E-state index contributed by atoms with van der Waals surface area (Å²) in [5.41, 5.74) is 14.6. The number of rotatable bonds is 2. The number of benzene rings is 1. The summed E-state index contributed by atoms with van der Waals surface area (Å²) in [7, 11) is 0. The van der Waals surface area contributed by atoms with Gasteiger partial charge in [-0.1, -0.05) is 6.07 Å². The molecule has 6 heteroatoms. The fraction of sp³-hybridized carbons (Fsp3) is 0.182. The number of anilines is 1. The molecule has 0 radical (unpaired) electrons. The fourth-order valence-corrected chi connectivity index (χ4v) is 1.58. The Hall–Kier alpha value is -2.37. The molecule has 17 heavy (non-hydrogen) atoms. The Balaban J connectivity index is 2.39. The van der Waals surface area contributed by atoms with Gasteiger partial charge in [-0.2, -0.15) is 0 Å². The third-order valence-corrected chi connectivity index (χ3v) is 2.21. The van der Waals surface area contributed by atoms with Crippen LogP contribution in [0.25, 0.3) is 0 Å². The monoisotopic (exact) mass is 231 g/mol. The van der Waals surface area contributed by atoms with Crippen molar-refractivity contribution in [2.75, 3.05) is 5.73 Å². The highest BCUT2D eigenvalue weighted by Gasteiger charge is 2.10. The van der Waals surface area contributed by atoms with Crippen molar-refractivity contribution < 1.29 is 4.63 Å². The first-order chi connectivity index (χ1) is 8.06. The van der Waals surface area contributed by atoms with Gasteiger partial charge in [0.05, 0.1) is 5.69 Å². The van der Waals surface area contributed by atoms with Gasteiger partial charge in [0.15, 0.2) is 17.3 Å². The Kier molecular flexibility index (Phi) is 2.78. The molecule has 1 heterocycles. The van der Waals surface area contributed by atoms with Gasteiger partial charge in [0.2, 0.25) is 0 Å². The van der Waals surface area contributed by atoms with Crippen molar-refractivity contribution in [1.82, 2.24) is 10.3 Å². The second-order valence-electron chi connectivity index (χ2n) is 3.84. The summed E-state index contributed by atoms with van der Waals surface area (Å²) < 4.78 is 4.47. The molecule has 0 atom stereocenters. The molecule has 1 aromatic heterocycles. The van der Waals surface area contributed by atoms with Gasteiger partial charge >= 0.3 is 0 Å². The molecule has 0 saturated heterocycles. The minimum Gasteiger partial charge on any atom is -0.382 e. The molecule has 6 nitrogen and oxygen atoms in total. The standard InChI is InChI=1S/C11H13N5O/c1-6-3-7(2)5-8(4-6)14-10(12)9-11(13)16-17-15-9/h3-5H,1-2H3,(H2,12,14)(H2,13,16). The van der Waals surface area contributed by atoms with E-state index in [1.54, 1.807) is 0 Å². The van der Waals surface area contributed by atoms with Crippen LogP contribution < -0.4 is 11.5 Å². The number of amidine groups is 1. The Morgan fingerprint density at radius 1 is 1.18 bits per heavy atom. The first-order valence-electron chi connectivity index (χ1n) is 5.07. The Morgan fingerprint density at radius 2 is 1.82 bits per heavy atom. The van der Waals surface area contributed by atoms with E-state index in [1.165, 1.54) is 0 Å². The molecule has 0 spiro atoms. The van der Waals surface area contributed by atoms with E-state index in [1.807, 2.05) is 26.0 Å². The van der Waals surface area contributed by atoms with E-state index in [4.69, 9.17) is 11.5 Å². The molecule has 88 valence electrons. The van der Waals surface area contributed by atoms with E-state index in [9.17, 15) is 0 Å². The summed E-state index contributed by atoms with van der Waals surface area (Å²) >= 11 is 0. The van der Waals surface area contributed by atoms with Gasteiger partial charge in [-0.3, -0.25) is 0 Å². The largest absolute Gasteiger partial charge is 0.382 e. The van der Waals surface area contributed by atoms with E-state index in [-0.39, 0.29) is 17.3 Å². The molecule has 2 aromatic rings. The van der Waals surface area contributed by atoms with E-state index in [0.29, 0.717) is 0 Å². The lowest BCUT2D eigenvalue weighted by Crippen LogP contribution is -2.15. The van der Waals surface area contributed by atoms with Crippen molar-refractivity contribution in [1.29, 1.82) is 0 Å². The maximum Gasteiger partial charge on any atom is 0.199 e. The van der Waals surface area contributed by atoms with Gasteiger partial charge in [-0.25, -0.2) is 9.62 Å². The first-order valence-corrected chi connectivity index (χ1v) is 5.07. The zero-order valence-electron chi connectivity index (χ0n) is 9.64. The van der Waals surface area contributed by atoms with Gasteiger partial charge in [0, 0.05) is 0 Å². The predicted octanol–water partition coefficient (Wildman–Crippen LogP) is 1.31. The number of nitrogens with two attached hydrogens (primary N) is 2. The lowest BCUT2D eigenvalue weighted by Gasteiger charge is -2.01. The lowest BCUT2D eigenvalue weighted by atomic mass is 10.1. The van der Waals surface area contributed by atoms with Crippen molar-refractivity contribution in [3.63, 3.8) is 0 Å². The Bertz CT molecular complexity index is 553. The van der Waals surface area contributed by atoms with Crippen LogP contribution >= 0.6 is 0 Å². The Labute approximate surface area is 98.3 Å². The summed E-state index contributed by atoms with van der Waals surface area (Å²) in [6, 6.07) is 5.90. The van der Waals surface area contributed by atoms with Crippen LogP contribution in [0, 0.1) is 13.8 Å². The average Bonchev–Trinajstić information content (AvgIpc) is 2.62. The molecule has 0 saturated carbocycles. The van der Waals surface area contributed by atoms with Crippen LogP contribution in [0.5, 0.6) is 0 Å². The molecule has 0 amide bonds. The smallest absolute Gasteiger partial charge is 0.199 e. The number of aliphatic imine (C=N–C) groups is 1. The lowest BCUT2D eigenvalue weighted by molar-refractivity contribution is 0.308. The van der Waals surface area contributed by atoms with Crippen molar-refractivity contribution in [2.45, 2.75) is 13.8 Å². The van der Waals surface area contributed by atoms with Gasteiger partial charge in [0.1, 0.15) is 0 Å². The Morgan fingerprint density at radius 3 is 2.35 bits per heavy atom. The van der Waals surface area contributed by atoms with Crippen molar-refractivity contribution in [2.24, 2.45) is 10.7 Å². The second-order valence-corrected chi connectivity index (χ2v) is 3.84. The normalized spacial score (nSPS) is 11.8. The molecule has 1 aromatic carbocycles. The van der Waals surface area contributed by atoms with Gasteiger partial charge in [0.25, 0.3) is 0 Å². The fourth-order valence-electron chi connectivity index (χ4n) is 1.58. The molecule has 0 aliphatic carbocycles. The van der Waals surface area contributed by atoms with Crippen LogP contribution in [0.3, 0.4) is 0 Å². The highest BCUT2D eigenvalue weighted by atomic mass is 16.6. The summed E-state index contributed by atoms with van der Waals surface area (Å²) in [6.07, 6.45) is 0. The summed E-state index contributed by atoms with van der Waals surface area (Å²) in [5.74, 6) is 0.323. The zero-order valence-corrected chi connectivity index (χ0v) is 9.64. The highest BCUT2D eigenvalue weighted by molar-refractivity contribution is 6.00. The third kappa shape index (κ3) is 2.41. The second kappa shape index (κ2) is 4.25. The number of aromatic nitrogens is 2. The summed E-state index contributed by atoms with van der Waals surface area (Å²) in [4.78, 5) is 4.24. The SMILES string of the molecule is Cc1cc(C)cc(N=C(N)c2nonc2N)c1. The van der Waals surface area contributed by atoms with Crippen molar-refractivity contribution in [3.05, 3.63) is 35.0 Å². The molecule has 4 N–H and O–H groups in total. The topological polar surface area (TPSA) is 103 Å². The molecule has 0 unspecified atom stereocenters. The van der Waals surface area contributed by atoms with E-state index < -0.39 is 0 Å². The minimum atomic E-state index is 0.135. The molecule has 0 fully saturated rings. The quantitative estimate of drug-likeness (QED) is 0.599. The summed E-state index contributed by atoms with van der Waals surface area (Å²) in [5, 5.41) is 7.04. The van der Waals surface area contributed by atoms with Crippen LogP contribution in [-0.2, 0) is 0 Å². The van der Waals surface area contributed by atoms with E-state index in [2.05, 4.69) is 26.0 Å².